The second-order valence-electron chi connectivity index (χ2n) is 8.33. The first-order chi connectivity index (χ1) is 11.9. The van der Waals surface area contributed by atoms with E-state index in [2.05, 4.69) is 44.3 Å². The summed E-state index contributed by atoms with van der Waals surface area (Å²) in [7, 11) is 0. The largest absolute Gasteiger partial charge is 0.378 e. The Balaban J connectivity index is 1.78. The Bertz CT molecular complexity index is 780. The first-order valence-electron chi connectivity index (χ1n) is 9.21. The summed E-state index contributed by atoms with van der Waals surface area (Å²) in [5.41, 5.74) is 4.81. The van der Waals surface area contributed by atoms with Gasteiger partial charge in [0.1, 0.15) is 5.82 Å². The second kappa shape index (κ2) is 6.14. The molecule has 0 saturated carbocycles. The van der Waals surface area contributed by atoms with Gasteiger partial charge in [-0.15, -0.1) is 0 Å². The van der Waals surface area contributed by atoms with E-state index in [1.807, 2.05) is 6.07 Å². The molecule has 3 heteroatoms. The summed E-state index contributed by atoms with van der Waals surface area (Å²) >= 11 is 0. The second-order valence-corrected chi connectivity index (χ2v) is 8.33. The molecule has 0 radical (unpaired) electrons. The molecule has 2 aromatic carbocycles. The highest BCUT2D eigenvalue weighted by molar-refractivity contribution is 5.59. The van der Waals surface area contributed by atoms with E-state index in [1.54, 1.807) is 12.1 Å². The lowest BCUT2D eigenvalue weighted by molar-refractivity contribution is -0.0382. The van der Waals surface area contributed by atoms with Crippen LogP contribution in [0.2, 0.25) is 0 Å². The molecule has 1 unspecified atom stereocenters. The Morgan fingerprint density at radius 1 is 1.12 bits per heavy atom. The summed E-state index contributed by atoms with van der Waals surface area (Å²) in [4.78, 5) is 0. The van der Waals surface area contributed by atoms with Gasteiger partial charge in [-0.3, -0.25) is 0 Å². The van der Waals surface area contributed by atoms with Crippen LogP contribution in [-0.4, -0.2) is 6.61 Å². The fraction of sp³-hybridized carbons (Fsp3) is 0.455. The van der Waals surface area contributed by atoms with Gasteiger partial charge in [0.2, 0.25) is 0 Å². The van der Waals surface area contributed by atoms with E-state index in [1.165, 1.54) is 17.2 Å². The van der Waals surface area contributed by atoms with Crippen molar-refractivity contribution in [2.45, 2.75) is 51.2 Å². The maximum absolute atomic E-state index is 13.8. The van der Waals surface area contributed by atoms with Crippen LogP contribution < -0.4 is 5.32 Å². The van der Waals surface area contributed by atoms with Gasteiger partial charge in [-0.05, 0) is 47.6 Å². The number of fused-ring (bicyclic) bond motifs is 3. The Morgan fingerprint density at radius 2 is 1.96 bits per heavy atom. The van der Waals surface area contributed by atoms with Crippen LogP contribution >= 0.6 is 0 Å². The van der Waals surface area contributed by atoms with Crippen molar-refractivity contribution in [3.8, 4) is 0 Å². The van der Waals surface area contributed by atoms with Crippen LogP contribution in [0.25, 0.3) is 0 Å². The fourth-order valence-electron chi connectivity index (χ4n) is 4.17. The van der Waals surface area contributed by atoms with Gasteiger partial charge in [0, 0.05) is 23.8 Å². The molecule has 1 N–H and O–H groups in total. The Morgan fingerprint density at radius 3 is 2.72 bits per heavy atom. The van der Waals surface area contributed by atoms with Crippen LogP contribution in [0.3, 0.4) is 0 Å². The van der Waals surface area contributed by atoms with Crippen LogP contribution in [-0.2, 0) is 10.2 Å². The molecule has 0 amide bonds. The summed E-state index contributed by atoms with van der Waals surface area (Å²) in [6.45, 7) is 7.51. The Labute approximate surface area is 149 Å². The van der Waals surface area contributed by atoms with E-state index >= 15 is 0 Å². The normalized spacial score (nSPS) is 25.7. The average molecular weight is 339 g/mol. The van der Waals surface area contributed by atoms with E-state index in [4.69, 9.17) is 4.74 Å². The summed E-state index contributed by atoms with van der Waals surface area (Å²) in [6.07, 6.45) is 2.24. The number of anilines is 1. The topological polar surface area (TPSA) is 21.3 Å². The zero-order valence-corrected chi connectivity index (χ0v) is 15.2. The van der Waals surface area contributed by atoms with Crippen molar-refractivity contribution in [1.82, 2.24) is 0 Å². The zero-order valence-electron chi connectivity index (χ0n) is 15.2. The predicted octanol–water partition coefficient (Wildman–Crippen LogP) is 5.76. The summed E-state index contributed by atoms with van der Waals surface area (Å²) < 4.78 is 20.0. The van der Waals surface area contributed by atoms with Crippen molar-refractivity contribution in [3.05, 3.63) is 65.0 Å². The number of ether oxygens (including phenoxy) is 1. The average Bonchev–Trinajstić information content (AvgIpc) is 2.60. The fourth-order valence-corrected chi connectivity index (χ4v) is 4.17. The van der Waals surface area contributed by atoms with Gasteiger partial charge in [0.05, 0.1) is 12.1 Å². The molecule has 3 atom stereocenters. The summed E-state index contributed by atoms with van der Waals surface area (Å²) in [5, 5.41) is 3.67. The molecule has 2 nitrogen and oxygen atoms in total. The molecule has 2 aromatic rings. The van der Waals surface area contributed by atoms with E-state index in [0.29, 0.717) is 5.92 Å². The standard InChI is InChI=1S/C22H26FNO/c1-22(2,3)15-9-10-19-18(13-15)21-17(8-5-11-25-21)20(24-19)14-6-4-7-16(23)12-14/h4,6-7,9-10,12-13,17,20-21,24H,5,8,11H2,1-3H3/t17-,20?,21-/m0/s1. The van der Waals surface area contributed by atoms with Crippen molar-refractivity contribution in [2.24, 2.45) is 5.92 Å². The number of hydrogen-bond acceptors (Lipinski definition) is 2. The molecular weight excluding hydrogens is 313 g/mol. The van der Waals surface area contributed by atoms with Gasteiger partial charge < -0.3 is 10.1 Å². The molecule has 1 fully saturated rings. The molecule has 0 bridgehead atoms. The molecule has 2 heterocycles. The molecule has 2 aliphatic rings. The van der Waals surface area contributed by atoms with Crippen molar-refractivity contribution < 1.29 is 9.13 Å². The Kier molecular flexibility index (Phi) is 4.07. The first kappa shape index (κ1) is 16.6. The van der Waals surface area contributed by atoms with Crippen LogP contribution in [0.15, 0.2) is 42.5 Å². The Hall–Kier alpha value is -1.87. The molecule has 4 rings (SSSR count). The van der Waals surface area contributed by atoms with Crippen LogP contribution in [0, 0.1) is 11.7 Å². The summed E-state index contributed by atoms with van der Waals surface area (Å²) in [6, 6.07) is 13.7. The zero-order chi connectivity index (χ0) is 17.6. The molecular formula is C22H26FNO. The van der Waals surface area contributed by atoms with Gasteiger partial charge in [-0.2, -0.15) is 0 Å². The van der Waals surface area contributed by atoms with Gasteiger partial charge in [-0.25, -0.2) is 4.39 Å². The highest BCUT2D eigenvalue weighted by Gasteiger charge is 2.40. The number of nitrogens with one attached hydrogen (secondary N) is 1. The number of benzene rings is 2. The maximum atomic E-state index is 13.8. The molecule has 2 aliphatic heterocycles. The van der Waals surface area contributed by atoms with Crippen molar-refractivity contribution >= 4 is 5.69 Å². The van der Waals surface area contributed by atoms with Gasteiger partial charge in [-0.1, -0.05) is 45.0 Å². The third-order valence-electron chi connectivity index (χ3n) is 5.54. The molecule has 132 valence electrons. The lowest BCUT2D eigenvalue weighted by Crippen LogP contribution is -2.36. The smallest absolute Gasteiger partial charge is 0.123 e. The highest BCUT2D eigenvalue weighted by atomic mass is 19.1. The molecule has 0 spiro atoms. The molecule has 0 aliphatic carbocycles. The highest BCUT2D eigenvalue weighted by Crippen LogP contribution is 2.49. The molecule has 1 saturated heterocycles. The van der Waals surface area contributed by atoms with Crippen LogP contribution in [0.4, 0.5) is 10.1 Å². The maximum Gasteiger partial charge on any atom is 0.123 e. The van der Waals surface area contributed by atoms with E-state index < -0.39 is 0 Å². The van der Waals surface area contributed by atoms with Crippen molar-refractivity contribution in [3.63, 3.8) is 0 Å². The number of hydrogen-bond donors (Lipinski definition) is 1. The third-order valence-corrected chi connectivity index (χ3v) is 5.54. The molecule has 25 heavy (non-hydrogen) atoms. The minimum absolute atomic E-state index is 0.0839. The third kappa shape index (κ3) is 3.06. The van der Waals surface area contributed by atoms with Crippen LogP contribution in [0.1, 0.15) is 62.4 Å². The van der Waals surface area contributed by atoms with Gasteiger partial charge in [0.15, 0.2) is 0 Å². The lowest BCUT2D eigenvalue weighted by Gasteiger charge is -2.44. The van der Waals surface area contributed by atoms with Crippen molar-refractivity contribution in [1.29, 1.82) is 0 Å². The SMILES string of the molecule is CC(C)(C)c1ccc2c(c1)[C@H]1OCCC[C@H]1C(c1cccc(F)c1)N2. The van der Waals surface area contributed by atoms with Crippen molar-refractivity contribution in [2.75, 3.05) is 11.9 Å². The monoisotopic (exact) mass is 339 g/mol. The number of rotatable bonds is 1. The first-order valence-corrected chi connectivity index (χ1v) is 9.21. The van der Waals surface area contributed by atoms with E-state index in [-0.39, 0.29) is 23.4 Å². The van der Waals surface area contributed by atoms with Gasteiger partial charge >= 0.3 is 0 Å². The van der Waals surface area contributed by atoms with E-state index in [0.717, 1.165) is 30.7 Å². The number of halogens is 1. The molecule has 0 aromatic heterocycles. The minimum atomic E-state index is -0.179. The quantitative estimate of drug-likeness (QED) is 0.713. The predicted molar refractivity (Wildman–Crippen MR) is 99.3 cm³/mol. The van der Waals surface area contributed by atoms with E-state index in [9.17, 15) is 4.39 Å². The minimum Gasteiger partial charge on any atom is -0.378 e. The summed E-state index contributed by atoms with van der Waals surface area (Å²) in [5.74, 6) is 0.153. The van der Waals surface area contributed by atoms with Crippen LogP contribution in [0.5, 0.6) is 0 Å². The lowest BCUT2D eigenvalue weighted by atomic mass is 9.76. The van der Waals surface area contributed by atoms with Gasteiger partial charge in [0.25, 0.3) is 0 Å².